The Labute approximate surface area is 207 Å². The SMILES string of the molecule is CCN(CC)CCN1C(=O)C(=O)/C(=C(\O)c2c[nH]c3ccccc23)C1c1ccc(C(C)(C)C)cc1. The quantitative estimate of drug-likeness (QED) is 0.280. The maximum atomic E-state index is 13.3. The summed E-state index contributed by atoms with van der Waals surface area (Å²) in [5.74, 6) is -1.35. The molecule has 2 heterocycles. The summed E-state index contributed by atoms with van der Waals surface area (Å²) in [6.07, 6.45) is 1.70. The lowest BCUT2D eigenvalue weighted by molar-refractivity contribution is -0.140. The largest absolute Gasteiger partial charge is 0.507 e. The number of Topliss-reactive ketones (excluding diaryl/α,β-unsaturated/α-hetero) is 1. The van der Waals surface area contributed by atoms with Crippen LogP contribution < -0.4 is 0 Å². The highest BCUT2D eigenvalue weighted by Crippen LogP contribution is 2.41. The second-order valence-electron chi connectivity index (χ2n) is 10.1. The summed E-state index contributed by atoms with van der Waals surface area (Å²) in [6.45, 7) is 13.4. The first-order valence-corrected chi connectivity index (χ1v) is 12.3. The molecule has 1 saturated heterocycles. The van der Waals surface area contributed by atoms with E-state index in [4.69, 9.17) is 0 Å². The van der Waals surface area contributed by atoms with Crippen molar-refractivity contribution in [3.05, 3.63) is 77.0 Å². The van der Waals surface area contributed by atoms with Gasteiger partial charge in [-0.25, -0.2) is 0 Å². The van der Waals surface area contributed by atoms with Gasteiger partial charge in [-0.15, -0.1) is 0 Å². The van der Waals surface area contributed by atoms with Crippen LogP contribution in [-0.4, -0.2) is 57.8 Å². The van der Waals surface area contributed by atoms with Crippen LogP contribution in [0, 0.1) is 0 Å². The lowest BCUT2D eigenvalue weighted by Crippen LogP contribution is -2.38. The minimum Gasteiger partial charge on any atom is -0.507 e. The second-order valence-corrected chi connectivity index (χ2v) is 10.1. The highest BCUT2D eigenvalue weighted by Gasteiger charge is 2.46. The van der Waals surface area contributed by atoms with Gasteiger partial charge in [0.25, 0.3) is 11.7 Å². The number of aliphatic hydroxyl groups is 1. The molecule has 0 saturated carbocycles. The van der Waals surface area contributed by atoms with Crippen molar-refractivity contribution < 1.29 is 14.7 Å². The van der Waals surface area contributed by atoms with E-state index in [1.165, 1.54) is 0 Å². The summed E-state index contributed by atoms with van der Waals surface area (Å²) >= 11 is 0. The zero-order valence-electron chi connectivity index (χ0n) is 21.3. The van der Waals surface area contributed by atoms with Crippen molar-refractivity contribution in [2.45, 2.75) is 46.1 Å². The summed E-state index contributed by atoms with van der Waals surface area (Å²) < 4.78 is 0. The van der Waals surface area contributed by atoms with Crippen LogP contribution in [0.2, 0.25) is 0 Å². The molecule has 3 aromatic rings. The van der Waals surface area contributed by atoms with Crippen molar-refractivity contribution in [3.63, 3.8) is 0 Å². The van der Waals surface area contributed by atoms with E-state index in [9.17, 15) is 14.7 Å². The number of para-hydroxylation sites is 1. The molecule has 1 aromatic heterocycles. The monoisotopic (exact) mass is 473 g/mol. The standard InChI is InChI=1S/C29H35N3O3/c1-6-31(7-2)16-17-32-25(19-12-14-20(15-13-19)29(3,4)5)24(27(34)28(32)35)26(33)22-18-30-23-11-9-8-10-21(22)23/h8-15,18,25,30,33H,6-7,16-17H2,1-5H3/b26-24-. The lowest BCUT2D eigenvalue weighted by atomic mass is 9.85. The highest BCUT2D eigenvalue weighted by molar-refractivity contribution is 6.46. The molecule has 0 radical (unpaired) electrons. The molecule has 1 aliphatic rings. The van der Waals surface area contributed by atoms with E-state index in [-0.39, 0.29) is 16.7 Å². The zero-order chi connectivity index (χ0) is 25.3. The number of hydrogen-bond donors (Lipinski definition) is 2. The van der Waals surface area contributed by atoms with E-state index >= 15 is 0 Å². The number of ketones is 1. The van der Waals surface area contributed by atoms with Crippen molar-refractivity contribution in [1.29, 1.82) is 0 Å². The Hall–Kier alpha value is -3.38. The van der Waals surface area contributed by atoms with Gasteiger partial charge in [0.15, 0.2) is 0 Å². The summed E-state index contributed by atoms with van der Waals surface area (Å²) in [4.78, 5) is 33.6. The van der Waals surface area contributed by atoms with Gasteiger partial charge in [-0.1, -0.05) is 77.1 Å². The van der Waals surface area contributed by atoms with Crippen LogP contribution in [0.1, 0.15) is 57.4 Å². The number of hydrogen-bond acceptors (Lipinski definition) is 4. The Morgan fingerprint density at radius 3 is 2.31 bits per heavy atom. The van der Waals surface area contributed by atoms with Crippen LogP contribution in [-0.2, 0) is 15.0 Å². The minimum atomic E-state index is -0.645. The number of carbonyl (C=O) groups excluding carboxylic acids is 2. The maximum absolute atomic E-state index is 13.3. The molecule has 1 unspecified atom stereocenters. The first-order chi connectivity index (χ1) is 16.7. The van der Waals surface area contributed by atoms with Crippen LogP contribution in [0.3, 0.4) is 0 Å². The topological polar surface area (TPSA) is 76.6 Å². The number of nitrogens with zero attached hydrogens (tertiary/aromatic N) is 2. The van der Waals surface area contributed by atoms with Crippen LogP contribution >= 0.6 is 0 Å². The third-order valence-corrected chi connectivity index (χ3v) is 7.03. The fourth-order valence-corrected chi connectivity index (χ4v) is 4.82. The summed E-state index contributed by atoms with van der Waals surface area (Å²) in [7, 11) is 0. The summed E-state index contributed by atoms with van der Waals surface area (Å²) in [6, 6.07) is 15.0. The molecular weight excluding hydrogens is 438 g/mol. The number of fused-ring (bicyclic) bond motifs is 1. The van der Waals surface area contributed by atoms with Crippen LogP contribution in [0.25, 0.3) is 16.7 Å². The molecule has 6 nitrogen and oxygen atoms in total. The Balaban J connectivity index is 1.84. The van der Waals surface area contributed by atoms with Crippen LogP contribution in [0.4, 0.5) is 0 Å². The predicted molar refractivity (Wildman–Crippen MR) is 140 cm³/mol. The van der Waals surface area contributed by atoms with E-state index in [1.807, 2.05) is 48.5 Å². The molecule has 35 heavy (non-hydrogen) atoms. The van der Waals surface area contributed by atoms with Gasteiger partial charge in [-0.2, -0.15) is 0 Å². The van der Waals surface area contributed by atoms with Gasteiger partial charge in [-0.3, -0.25) is 9.59 Å². The molecule has 1 amide bonds. The zero-order valence-corrected chi connectivity index (χ0v) is 21.3. The van der Waals surface area contributed by atoms with Gasteiger partial charge in [-0.05, 0) is 35.7 Å². The molecule has 6 heteroatoms. The Morgan fingerprint density at radius 1 is 1.03 bits per heavy atom. The van der Waals surface area contributed by atoms with E-state index in [1.54, 1.807) is 11.1 Å². The Bertz CT molecular complexity index is 1260. The number of aromatic nitrogens is 1. The average molecular weight is 474 g/mol. The molecule has 2 aromatic carbocycles. The maximum Gasteiger partial charge on any atom is 0.295 e. The molecule has 184 valence electrons. The van der Waals surface area contributed by atoms with Gasteiger partial charge in [0.1, 0.15) is 5.76 Å². The fraction of sp³-hybridized carbons (Fsp3) is 0.379. The predicted octanol–water partition coefficient (Wildman–Crippen LogP) is 5.23. The lowest BCUT2D eigenvalue weighted by Gasteiger charge is -2.28. The van der Waals surface area contributed by atoms with Gasteiger partial charge in [0.2, 0.25) is 0 Å². The molecule has 0 aliphatic carbocycles. The molecule has 1 aliphatic heterocycles. The number of benzene rings is 2. The van der Waals surface area contributed by atoms with Crippen molar-refractivity contribution in [2.24, 2.45) is 0 Å². The van der Waals surface area contributed by atoms with Crippen LogP contribution in [0.15, 0.2) is 60.3 Å². The number of H-pyrrole nitrogens is 1. The van der Waals surface area contributed by atoms with E-state index < -0.39 is 17.7 Å². The summed E-state index contributed by atoms with van der Waals surface area (Å²) in [5, 5.41) is 12.3. The van der Waals surface area contributed by atoms with Gasteiger partial charge in [0, 0.05) is 35.8 Å². The number of amides is 1. The van der Waals surface area contributed by atoms with E-state index in [0.717, 1.165) is 35.1 Å². The first-order valence-electron chi connectivity index (χ1n) is 12.3. The van der Waals surface area contributed by atoms with Gasteiger partial charge in [0.05, 0.1) is 11.6 Å². The van der Waals surface area contributed by atoms with E-state index in [2.05, 4.69) is 44.5 Å². The second kappa shape index (κ2) is 9.70. The number of carbonyl (C=O) groups is 2. The minimum absolute atomic E-state index is 0.0207. The molecule has 0 spiro atoms. The van der Waals surface area contributed by atoms with Gasteiger partial charge >= 0.3 is 0 Å². The van der Waals surface area contributed by atoms with Crippen molar-refractivity contribution in [3.8, 4) is 0 Å². The third kappa shape index (κ3) is 4.63. The third-order valence-electron chi connectivity index (χ3n) is 7.03. The number of rotatable bonds is 7. The van der Waals surface area contributed by atoms with Crippen molar-refractivity contribution >= 4 is 28.4 Å². The molecule has 4 rings (SSSR count). The number of nitrogens with one attached hydrogen (secondary N) is 1. The number of aliphatic hydroxyl groups excluding tert-OH is 1. The van der Waals surface area contributed by atoms with Crippen molar-refractivity contribution in [2.75, 3.05) is 26.2 Å². The number of likely N-dealkylation sites (tertiary alicyclic amines) is 1. The molecule has 2 N–H and O–H groups in total. The van der Waals surface area contributed by atoms with Gasteiger partial charge < -0.3 is 19.9 Å². The molecule has 0 bridgehead atoms. The molecule has 1 atom stereocenters. The number of likely N-dealkylation sites (N-methyl/N-ethyl adjacent to an activating group) is 1. The van der Waals surface area contributed by atoms with E-state index in [0.29, 0.717) is 18.7 Å². The number of aromatic amines is 1. The average Bonchev–Trinajstić information content (AvgIpc) is 3.38. The molecule has 1 fully saturated rings. The summed E-state index contributed by atoms with van der Waals surface area (Å²) in [5.41, 5.74) is 3.49. The highest BCUT2D eigenvalue weighted by atomic mass is 16.3. The smallest absolute Gasteiger partial charge is 0.295 e. The first kappa shape index (κ1) is 24.7. The Morgan fingerprint density at radius 2 is 1.69 bits per heavy atom. The normalized spacial score (nSPS) is 18.2. The van der Waals surface area contributed by atoms with Crippen LogP contribution in [0.5, 0.6) is 0 Å². The van der Waals surface area contributed by atoms with Crippen molar-refractivity contribution in [1.82, 2.24) is 14.8 Å². The fourth-order valence-electron chi connectivity index (χ4n) is 4.82. The Kier molecular flexibility index (Phi) is 6.86. The molecular formula is C29H35N3O3.